The number of hydrazine groups is 1. The number of anilines is 3. The number of nitrogen functional groups attached to an aromatic ring is 1. The second-order valence-electron chi connectivity index (χ2n) is 4.06. The average Bonchev–Trinajstić information content (AvgIpc) is 2.46. The molecule has 100 valence electrons. The molecule has 0 aliphatic heterocycles. The number of hydrogen-bond acceptors (Lipinski definition) is 5. The molecule has 3 N–H and O–H groups in total. The largest absolute Gasteiger partial charge is 0.329 e. The summed E-state index contributed by atoms with van der Waals surface area (Å²) < 4.78 is 12.9. The Balaban J connectivity index is 2.43. The molecule has 6 heteroatoms. The molecule has 0 atom stereocenters. The number of nitrogens with two attached hydrogens (primary N) is 1. The molecule has 2 rings (SSSR count). The van der Waals surface area contributed by atoms with Crippen molar-refractivity contribution in [2.75, 3.05) is 17.4 Å². The lowest BCUT2D eigenvalue weighted by Gasteiger charge is -2.21. The number of aromatic nitrogens is 2. The van der Waals surface area contributed by atoms with E-state index in [0.29, 0.717) is 5.82 Å². The Morgan fingerprint density at radius 3 is 2.53 bits per heavy atom. The second-order valence-corrected chi connectivity index (χ2v) is 4.06. The Morgan fingerprint density at radius 2 is 1.95 bits per heavy atom. The van der Waals surface area contributed by atoms with Gasteiger partial charge in [0.15, 0.2) is 0 Å². The third kappa shape index (κ3) is 2.63. The zero-order chi connectivity index (χ0) is 13.8. The van der Waals surface area contributed by atoms with Crippen LogP contribution in [0.3, 0.4) is 0 Å². The number of hydrogen-bond donors (Lipinski definition) is 2. The number of benzene rings is 1. The monoisotopic (exact) mass is 261 g/mol. The molecule has 0 aliphatic rings. The van der Waals surface area contributed by atoms with Crippen LogP contribution in [0.15, 0.2) is 30.6 Å². The Hall–Kier alpha value is -2.21. The van der Waals surface area contributed by atoms with Crippen LogP contribution < -0.4 is 16.2 Å². The molecule has 2 aromatic rings. The Morgan fingerprint density at radius 1 is 1.26 bits per heavy atom. The van der Waals surface area contributed by atoms with Gasteiger partial charge in [-0.15, -0.1) is 0 Å². The minimum Gasteiger partial charge on any atom is -0.329 e. The van der Waals surface area contributed by atoms with Gasteiger partial charge in [-0.2, -0.15) is 0 Å². The molecule has 0 aliphatic carbocycles. The molecule has 1 aromatic heterocycles. The molecule has 1 aromatic carbocycles. The third-order valence-corrected chi connectivity index (χ3v) is 2.94. The summed E-state index contributed by atoms with van der Waals surface area (Å²) in [6.45, 7) is 2.00. The zero-order valence-electron chi connectivity index (χ0n) is 10.9. The topological polar surface area (TPSA) is 67.1 Å². The standard InChI is InChI=1S/C13H16FN5/c1-3-11-12(18-15)16-8-17-13(11)19(2)10-6-4-9(14)5-7-10/h4-8H,3,15H2,1-2H3,(H,16,17,18). The van der Waals surface area contributed by atoms with E-state index in [1.165, 1.54) is 18.5 Å². The highest BCUT2D eigenvalue weighted by Gasteiger charge is 2.14. The predicted octanol–water partition coefficient (Wildman–Crippen LogP) is 2.23. The molecule has 0 saturated heterocycles. The minimum atomic E-state index is -0.264. The van der Waals surface area contributed by atoms with E-state index in [4.69, 9.17) is 5.84 Å². The van der Waals surface area contributed by atoms with Gasteiger partial charge in [-0.05, 0) is 30.7 Å². The second kappa shape index (κ2) is 5.62. The van der Waals surface area contributed by atoms with Crippen molar-refractivity contribution < 1.29 is 4.39 Å². The van der Waals surface area contributed by atoms with Crippen molar-refractivity contribution in [3.63, 3.8) is 0 Å². The summed E-state index contributed by atoms with van der Waals surface area (Å²) in [5.41, 5.74) is 4.32. The lowest BCUT2D eigenvalue weighted by atomic mass is 10.2. The first kappa shape index (κ1) is 13.2. The first-order valence-corrected chi connectivity index (χ1v) is 5.97. The fourth-order valence-corrected chi connectivity index (χ4v) is 1.93. The Bertz CT molecular complexity index is 555. The molecule has 0 unspecified atom stereocenters. The van der Waals surface area contributed by atoms with Crippen molar-refractivity contribution in [1.82, 2.24) is 9.97 Å². The SMILES string of the molecule is CCc1c(NN)ncnc1N(C)c1ccc(F)cc1. The molecule has 0 bridgehead atoms. The summed E-state index contributed by atoms with van der Waals surface area (Å²) in [6, 6.07) is 6.24. The van der Waals surface area contributed by atoms with Crippen molar-refractivity contribution >= 4 is 17.3 Å². The van der Waals surface area contributed by atoms with E-state index < -0.39 is 0 Å². The Kier molecular flexibility index (Phi) is 3.91. The molecule has 0 radical (unpaired) electrons. The van der Waals surface area contributed by atoms with Gasteiger partial charge < -0.3 is 10.3 Å². The molecular weight excluding hydrogens is 245 g/mol. The maximum atomic E-state index is 12.9. The van der Waals surface area contributed by atoms with Crippen LogP contribution in [-0.4, -0.2) is 17.0 Å². The van der Waals surface area contributed by atoms with Crippen LogP contribution in [0.1, 0.15) is 12.5 Å². The summed E-state index contributed by atoms with van der Waals surface area (Å²) in [5.74, 6) is 6.53. The first-order chi connectivity index (χ1) is 9.17. The minimum absolute atomic E-state index is 0.264. The van der Waals surface area contributed by atoms with Crippen LogP contribution in [-0.2, 0) is 6.42 Å². The van der Waals surface area contributed by atoms with Gasteiger partial charge in [0.2, 0.25) is 0 Å². The average molecular weight is 261 g/mol. The summed E-state index contributed by atoms with van der Waals surface area (Å²) in [7, 11) is 1.87. The van der Waals surface area contributed by atoms with Crippen molar-refractivity contribution in [3.05, 3.63) is 42.0 Å². The van der Waals surface area contributed by atoms with Crippen molar-refractivity contribution in [2.45, 2.75) is 13.3 Å². The Labute approximate surface area is 111 Å². The molecular formula is C13H16FN5. The summed E-state index contributed by atoms with van der Waals surface area (Å²) in [5, 5.41) is 0. The van der Waals surface area contributed by atoms with Crippen molar-refractivity contribution in [1.29, 1.82) is 0 Å². The van der Waals surface area contributed by atoms with Gasteiger partial charge in [0.1, 0.15) is 23.8 Å². The molecule has 0 spiro atoms. The van der Waals surface area contributed by atoms with Gasteiger partial charge in [-0.25, -0.2) is 20.2 Å². The first-order valence-electron chi connectivity index (χ1n) is 5.97. The highest BCUT2D eigenvalue weighted by molar-refractivity contribution is 5.66. The molecule has 0 amide bonds. The van der Waals surface area contributed by atoms with E-state index in [1.54, 1.807) is 12.1 Å². The van der Waals surface area contributed by atoms with Crippen molar-refractivity contribution in [2.24, 2.45) is 5.84 Å². The van der Waals surface area contributed by atoms with Crippen LogP contribution in [0.25, 0.3) is 0 Å². The fourth-order valence-electron chi connectivity index (χ4n) is 1.93. The third-order valence-electron chi connectivity index (χ3n) is 2.94. The van der Waals surface area contributed by atoms with Gasteiger partial charge >= 0.3 is 0 Å². The van der Waals surface area contributed by atoms with Crippen LogP contribution in [0.4, 0.5) is 21.7 Å². The van der Waals surface area contributed by atoms with Crippen molar-refractivity contribution in [3.8, 4) is 0 Å². The molecule has 0 fully saturated rings. The van der Waals surface area contributed by atoms with E-state index in [9.17, 15) is 4.39 Å². The normalized spacial score (nSPS) is 10.3. The summed E-state index contributed by atoms with van der Waals surface area (Å²) in [6.07, 6.45) is 2.19. The van der Waals surface area contributed by atoms with Gasteiger partial charge in [-0.3, -0.25) is 0 Å². The summed E-state index contributed by atoms with van der Waals surface area (Å²) in [4.78, 5) is 10.2. The van der Waals surface area contributed by atoms with Gasteiger partial charge in [-0.1, -0.05) is 6.92 Å². The number of nitrogens with one attached hydrogen (secondary N) is 1. The zero-order valence-corrected chi connectivity index (χ0v) is 10.9. The van der Waals surface area contributed by atoms with E-state index >= 15 is 0 Å². The maximum Gasteiger partial charge on any atom is 0.148 e. The number of nitrogens with zero attached hydrogens (tertiary/aromatic N) is 3. The lowest BCUT2D eigenvalue weighted by molar-refractivity contribution is 0.628. The predicted molar refractivity (Wildman–Crippen MR) is 73.7 cm³/mol. The quantitative estimate of drug-likeness (QED) is 0.652. The molecule has 1 heterocycles. The van der Waals surface area contributed by atoms with Gasteiger partial charge in [0.25, 0.3) is 0 Å². The smallest absolute Gasteiger partial charge is 0.148 e. The van der Waals surface area contributed by atoms with Gasteiger partial charge in [0.05, 0.1) is 0 Å². The van der Waals surface area contributed by atoms with Crippen LogP contribution in [0, 0.1) is 5.82 Å². The van der Waals surface area contributed by atoms with Crippen LogP contribution >= 0.6 is 0 Å². The molecule has 0 saturated carbocycles. The summed E-state index contributed by atoms with van der Waals surface area (Å²) >= 11 is 0. The molecule has 5 nitrogen and oxygen atoms in total. The molecule has 19 heavy (non-hydrogen) atoms. The van der Waals surface area contributed by atoms with E-state index in [-0.39, 0.29) is 5.82 Å². The van der Waals surface area contributed by atoms with E-state index in [0.717, 1.165) is 23.5 Å². The number of rotatable bonds is 4. The maximum absolute atomic E-state index is 12.9. The fraction of sp³-hybridized carbons (Fsp3) is 0.231. The van der Waals surface area contributed by atoms with Crippen LogP contribution in [0.5, 0.6) is 0 Å². The van der Waals surface area contributed by atoms with E-state index in [1.807, 2.05) is 18.9 Å². The number of halogens is 1. The van der Waals surface area contributed by atoms with E-state index in [2.05, 4.69) is 15.4 Å². The lowest BCUT2D eigenvalue weighted by Crippen LogP contribution is -2.17. The van der Waals surface area contributed by atoms with Crippen LogP contribution in [0.2, 0.25) is 0 Å². The highest BCUT2D eigenvalue weighted by Crippen LogP contribution is 2.28. The van der Waals surface area contributed by atoms with Gasteiger partial charge in [0, 0.05) is 18.3 Å². The highest BCUT2D eigenvalue weighted by atomic mass is 19.1.